The standard InChI is InChI=1S/C71H78O18/c1-48(73)85-67-64(80-43-54-32-18-7-19-33-54)60(76-39-50-24-10-3-11-25-50)57(38-72)88-70(67)84-47-59-62(78-41-52-28-14-5-15-29-52)65(81-44-55-34-20-8-21-35-55)68(86-49(2)74)71(89-59)83-46-58-61(77-40-51-26-12-4-13-27-51)63(79-42-53-30-16-6-17-31-53)66(69(75)87-58)82-45-56-36-22-9-23-37-56/h3-37,57-72,75H,38-47H2,1-2H3/t57-,58-,59-,60-,61-,62-,63+,64+,65+,66-,67+,68+,69-,70+,71+/m1/s1. The van der Waals surface area contributed by atoms with Gasteiger partial charge in [0.25, 0.3) is 0 Å². The van der Waals surface area contributed by atoms with E-state index in [0.717, 1.165) is 38.9 Å². The zero-order valence-electron chi connectivity index (χ0n) is 49.9. The summed E-state index contributed by atoms with van der Waals surface area (Å²) >= 11 is 0. The van der Waals surface area contributed by atoms with Gasteiger partial charge in [0.1, 0.15) is 61.0 Å². The highest BCUT2D eigenvalue weighted by Gasteiger charge is 2.55. The molecule has 7 aromatic carbocycles. The molecule has 0 aromatic heterocycles. The Hall–Kier alpha value is -7.08. The SMILES string of the molecule is CC(=O)O[C@@H]1[C@@H](OC[C@H]2O[C@H](OC[C@H]3O[C@@H](O)[C@H](OCc4ccccc4)[C@@H](OCc4ccccc4)[C@@H]3OCc3ccccc3)[C@@H](OC(C)=O)[C@@H](OCc3ccccc3)[C@@H]2OCc2ccccc2)O[C@H](CO)[C@@H](OCc2ccccc2)[C@@H]1OCc1ccccc1. The van der Waals surface area contributed by atoms with Gasteiger partial charge in [-0.1, -0.05) is 212 Å². The summed E-state index contributed by atoms with van der Waals surface area (Å²) in [5.74, 6) is -1.32. The van der Waals surface area contributed by atoms with E-state index in [1.165, 1.54) is 13.8 Å². The Kier molecular flexibility index (Phi) is 24.5. The highest BCUT2D eigenvalue weighted by Crippen LogP contribution is 2.36. The first kappa shape index (κ1) is 64.9. The molecule has 0 unspecified atom stereocenters. The summed E-state index contributed by atoms with van der Waals surface area (Å²) in [5.41, 5.74) is 5.91. The minimum Gasteiger partial charge on any atom is -0.454 e. The van der Waals surface area contributed by atoms with Crippen LogP contribution in [0.2, 0.25) is 0 Å². The number of benzene rings is 7. The molecule has 18 nitrogen and oxygen atoms in total. The van der Waals surface area contributed by atoms with Crippen LogP contribution in [0.4, 0.5) is 0 Å². The largest absolute Gasteiger partial charge is 0.454 e. The molecule has 3 fully saturated rings. The van der Waals surface area contributed by atoms with Crippen LogP contribution in [0.15, 0.2) is 212 Å². The summed E-state index contributed by atoms with van der Waals surface area (Å²) in [5, 5.41) is 23.2. The van der Waals surface area contributed by atoms with Gasteiger partial charge >= 0.3 is 11.9 Å². The van der Waals surface area contributed by atoms with Gasteiger partial charge in [-0.25, -0.2) is 0 Å². The molecule has 0 bridgehead atoms. The topological polar surface area (TPSA) is 204 Å². The van der Waals surface area contributed by atoms with Crippen molar-refractivity contribution in [3.05, 3.63) is 251 Å². The molecular formula is C71H78O18. The van der Waals surface area contributed by atoms with Crippen molar-refractivity contribution in [2.24, 2.45) is 0 Å². The zero-order valence-corrected chi connectivity index (χ0v) is 49.9. The average Bonchev–Trinajstić information content (AvgIpc) is 1.10. The van der Waals surface area contributed by atoms with Crippen molar-refractivity contribution in [3.63, 3.8) is 0 Å². The maximum absolute atomic E-state index is 13.5. The van der Waals surface area contributed by atoms with Crippen molar-refractivity contribution in [1.82, 2.24) is 0 Å². The fraction of sp³-hybridized carbons (Fsp3) is 0.380. The normalized spacial score (nSPS) is 26.9. The number of hydrogen-bond donors (Lipinski definition) is 2. The van der Waals surface area contributed by atoms with Crippen LogP contribution in [0, 0.1) is 0 Å². The fourth-order valence-electron chi connectivity index (χ4n) is 11.1. The second-order valence-electron chi connectivity index (χ2n) is 22.0. The van der Waals surface area contributed by atoms with Gasteiger partial charge in [-0.3, -0.25) is 9.59 Å². The van der Waals surface area contributed by atoms with Crippen LogP contribution < -0.4 is 0 Å². The molecule has 0 saturated carbocycles. The van der Waals surface area contributed by atoms with E-state index in [2.05, 4.69) is 0 Å². The molecule has 0 radical (unpaired) electrons. The molecule has 470 valence electrons. The first-order chi connectivity index (χ1) is 43.6. The lowest BCUT2D eigenvalue weighted by atomic mass is 9.96. The molecule has 10 rings (SSSR count). The van der Waals surface area contributed by atoms with Crippen molar-refractivity contribution >= 4 is 11.9 Å². The van der Waals surface area contributed by atoms with Crippen LogP contribution in [-0.4, -0.2) is 134 Å². The maximum atomic E-state index is 13.5. The molecule has 7 aromatic rings. The summed E-state index contributed by atoms with van der Waals surface area (Å²) in [6, 6.07) is 66.8. The van der Waals surface area contributed by atoms with E-state index in [1.807, 2.05) is 212 Å². The third-order valence-corrected chi connectivity index (χ3v) is 15.4. The number of carbonyl (C=O) groups excluding carboxylic acids is 2. The minimum absolute atomic E-state index is 0.0378. The Labute approximate surface area is 519 Å². The second-order valence-corrected chi connectivity index (χ2v) is 22.0. The van der Waals surface area contributed by atoms with E-state index in [4.69, 9.17) is 66.3 Å². The molecule has 89 heavy (non-hydrogen) atoms. The van der Waals surface area contributed by atoms with E-state index in [1.54, 1.807) is 0 Å². The number of carbonyl (C=O) groups is 2. The molecule has 3 heterocycles. The van der Waals surface area contributed by atoms with Gasteiger partial charge in [0, 0.05) is 13.8 Å². The Morgan fingerprint density at radius 3 is 0.831 bits per heavy atom. The van der Waals surface area contributed by atoms with Gasteiger partial charge < -0.3 is 76.5 Å². The zero-order chi connectivity index (χ0) is 61.6. The predicted molar refractivity (Wildman–Crippen MR) is 323 cm³/mol. The molecule has 3 aliphatic rings. The van der Waals surface area contributed by atoms with Crippen LogP contribution in [0.1, 0.15) is 52.8 Å². The molecule has 0 aliphatic carbocycles. The number of ether oxygens (including phenoxy) is 14. The maximum Gasteiger partial charge on any atom is 0.303 e. The lowest BCUT2D eigenvalue weighted by Crippen LogP contribution is -2.65. The number of hydrogen-bond acceptors (Lipinski definition) is 18. The van der Waals surface area contributed by atoms with Crippen molar-refractivity contribution in [3.8, 4) is 0 Å². The van der Waals surface area contributed by atoms with Gasteiger partial charge in [-0.05, 0) is 38.9 Å². The van der Waals surface area contributed by atoms with E-state index < -0.39 is 111 Å². The molecule has 3 saturated heterocycles. The highest BCUT2D eigenvalue weighted by molar-refractivity contribution is 5.66. The molecule has 2 N–H and O–H groups in total. The summed E-state index contributed by atoms with van der Waals surface area (Å²) in [6.45, 7) is 2.03. The molecule has 0 amide bonds. The third-order valence-electron chi connectivity index (χ3n) is 15.4. The lowest BCUT2D eigenvalue weighted by Gasteiger charge is -2.48. The summed E-state index contributed by atoms with van der Waals surface area (Å²) in [7, 11) is 0. The van der Waals surface area contributed by atoms with Crippen LogP contribution in [0.3, 0.4) is 0 Å². The number of esters is 2. The molecule has 18 heteroatoms. The van der Waals surface area contributed by atoms with Crippen LogP contribution in [0.25, 0.3) is 0 Å². The first-order valence-electron chi connectivity index (χ1n) is 30.1. The van der Waals surface area contributed by atoms with Gasteiger partial charge in [0.15, 0.2) is 31.1 Å². The van der Waals surface area contributed by atoms with Gasteiger partial charge in [0.2, 0.25) is 0 Å². The molecule has 15 atom stereocenters. The van der Waals surface area contributed by atoms with Crippen molar-refractivity contribution in [2.75, 3.05) is 19.8 Å². The van der Waals surface area contributed by atoms with Gasteiger partial charge in [-0.15, -0.1) is 0 Å². The Bertz CT molecular complexity index is 3140. The van der Waals surface area contributed by atoms with Crippen molar-refractivity contribution in [2.45, 2.75) is 152 Å². The van der Waals surface area contributed by atoms with Crippen molar-refractivity contribution in [1.29, 1.82) is 0 Å². The number of rotatable bonds is 30. The smallest absolute Gasteiger partial charge is 0.303 e. The summed E-state index contributed by atoms with van der Waals surface area (Å²) in [4.78, 5) is 26.7. The lowest BCUT2D eigenvalue weighted by molar-refractivity contribution is -0.355. The predicted octanol–water partition coefficient (Wildman–Crippen LogP) is 9.14. The minimum atomic E-state index is -1.55. The van der Waals surface area contributed by atoms with E-state index in [9.17, 15) is 19.8 Å². The van der Waals surface area contributed by atoms with Crippen LogP contribution in [-0.2, 0) is 122 Å². The number of aliphatic hydroxyl groups excluding tert-OH is 2. The van der Waals surface area contributed by atoms with Crippen LogP contribution >= 0.6 is 0 Å². The summed E-state index contributed by atoms with van der Waals surface area (Å²) < 4.78 is 93.1. The average molecular weight is 1220 g/mol. The van der Waals surface area contributed by atoms with Gasteiger partial charge in [0.05, 0.1) is 66.1 Å². The molecule has 0 spiro atoms. The summed E-state index contributed by atoms with van der Waals surface area (Å²) in [6.07, 6.45) is -17.4. The van der Waals surface area contributed by atoms with E-state index in [0.29, 0.717) is 0 Å². The third kappa shape index (κ3) is 18.8. The molecular weight excluding hydrogens is 1140 g/mol. The van der Waals surface area contributed by atoms with E-state index in [-0.39, 0.29) is 59.5 Å². The molecule has 3 aliphatic heterocycles. The number of aliphatic hydroxyl groups is 2. The van der Waals surface area contributed by atoms with Crippen LogP contribution in [0.5, 0.6) is 0 Å². The Morgan fingerprint density at radius 1 is 0.315 bits per heavy atom. The Morgan fingerprint density at radius 2 is 0.551 bits per heavy atom. The fourth-order valence-corrected chi connectivity index (χ4v) is 11.1. The highest BCUT2D eigenvalue weighted by atomic mass is 16.8. The van der Waals surface area contributed by atoms with Gasteiger partial charge in [-0.2, -0.15) is 0 Å². The van der Waals surface area contributed by atoms with E-state index >= 15 is 0 Å². The van der Waals surface area contributed by atoms with Crippen molar-refractivity contribution < 1.29 is 86.1 Å². The quantitative estimate of drug-likeness (QED) is 0.0403. The monoisotopic (exact) mass is 1220 g/mol. The second kappa shape index (κ2) is 33.7. The Balaban J connectivity index is 0.985. The first-order valence-corrected chi connectivity index (χ1v) is 30.1.